The summed E-state index contributed by atoms with van der Waals surface area (Å²) in [5, 5.41) is 2.76. The molecule has 0 saturated carbocycles. The van der Waals surface area contributed by atoms with Gasteiger partial charge in [-0.1, -0.05) is 146 Å². The summed E-state index contributed by atoms with van der Waals surface area (Å²) < 4.78 is 0. The number of benzene rings is 2. The molecule has 0 N–H and O–H groups in total. The number of hydrogen-bond donors (Lipinski definition) is 0. The molecular formula is C29H46. The first-order valence-corrected chi connectivity index (χ1v) is 12.7. The lowest BCUT2D eigenvalue weighted by Crippen LogP contribution is -1.94. The number of hydrogen-bond acceptors (Lipinski definition) is 0. The minimum Gasteiger partial charge on any atom is -0.0654 e. The minimum absolute atomic E-state index is 0.678. The third kappa shape index (κ3) is 9.83. The van der Waals surface area contributed by atoms with Crippen LogP contribution in [0.15, 0.2) is 36.4 Å². The van der Waals surface area contributed by atoms with Crippen molar-refractivity contribution >= 4 is 10.8 Å². The van der Waals surface area contributed by atoms with Gasteiger partial charge in [0.15, 0.2) is 0 Å². The first-order valence-electron chi connectivity index (χ1n) is 12.7. The number of fused-ring (bicyclic) bond motifs is 1. The lowest BCUT2D eigenvalue weighted by molar-refractivity contribution is 0.524. The Hall–Kier alpha value is -1.30. The second kappa shape index (κ2) is 14.6. The zero-order valence-electron chi connectivity index (χ0n) is 19.6. The molecule has 1 unspecified atom stereocenters. The molecule has 29 heavy (non-hydrogen) atoms. The number of rotatable bonds is 16. The molecule has 0 aliphatic heterocycles. The molecule has 0 nitrogen and oxygen atoms in total. The lowest BCUT2D eigenvalue weighted by atomic mass is 9.92. The largest absolute Gasteiger partial charge is 0.0654 e. The maximum Gasteiger partial charge on any atom is -0.0179 e. The van der Waals surface area contributed by atoms with E-state index < -0.39 is 0 Å². The van der Waals surface area contributed by atoms with Gasteiger partial charge in [0.1, 0.15) is 0 Å². The molecule has 0 heterocycles. The summed E-state index contributed by atoms with van der Waals surface area (Å²) in [7, 11) is 0. The van der Waals surface area contributed by atoms with Crippen LogP contribution in [0.1, 0.15) is 127 Å². The van der Waals surface area contributed by atoms with Crippen molar-refractivity contribution in [1.82, 2.24) is 0 Å². The molecule has 0 spiro atoms. The van der Waals surface area contributed by atoms with Crippen LogP contribution in [-0.4, -0.2) is 0 Å². The summed E-state index contributed by atoms with van der Waals surface area (Å²) in [6, 6.07) is 13.8. The van der Waals surface area contributed by atoms with Crippen LogP contribution in [0.25, 0.3) is 10.8 Å². The van der Waals surface area contributed by atoms with Crippen molar-refractivity contribution in [2.45, 2.75) is 123 Å². The highest BCUT2D eigenvalue weighted by Crippen LogP contribution is 2.26. The maximum atomic E-state index is 2.41. The minimum atomic E-state index is 0.678. The van der Waals surface area contributed by atoms with Crippen molar-refractivity contribution in [3.05, 3.63) is 47.5 Å². The Morgan fingerprint density at radius 1 is 0.586 bits per heavy atom. The van der Waals surface area contributed by atoms with Gasteiger partial charge in [0, 0.05) is 0 Å². The Morgan fingerprint density at radius 2 is 1.10 bits per heavy atom. The molecule has 1 atom stereocenters. The normalized spacial score (nSPS) is 12.5. The molecule has 2 rings (SSSR count). The molecule has 0 amide bonds. The predicted molar refractivity (Wildman–Crippen MR) is 132 cm³/mol. The van der Waals surface area contributed by atoms with Gasteiger partial charge in [0.25, 0.3) is 0 Å². The third-order valence-electron chi connectivity index (χ3n) is 6.58. The van der Waals surface area contributed by atoms with E-state index in [0.717, 1.165) is 0 Å². The van der Waals surface area contributed by atoms with E-state index in [1.54, 1.807) is 0 Å². The van der Waals surface area contributed by atoms with Crippen molar-refractivity contribution in [1.29, 1.82) is 0 Å². The van der Waals surface area contributed by atoms with Gasteiger partial charge < -0.3 is 0 Å². The Balaban J connectivity index is 1.47. The molecule has 0 heteroatoms. The van der Waals surface area contributed by atoms with E-state index in [0.29, 0.717) is 5.92 Å². The van der Waals surface area contributed by atoms with Crippen molar-refractivity contribution in [3.63, 3.8) is 0 Å². The molecule has 0 aliphatic rings. The molecule has 0 aliphatic carbocycles. The van der Waals surface area contributed by atoms with Crippen LogP contribution in [0.5, 0.6) is 0 Å². The SMILES string of the molecule is CCCCCCCCCCCCCCCCC(C)c1ccc2ccc(C)cc2c1. The first-order chi connectivity index (χ1) is 14.2. The molecule has 0 bridgehead atoms. The molecule has 0 aromatic heterocycles. The van der Waals surface area contributed by atoms with Gasteiger partial charge >= 0.3 is 0 Å². The predicted octanol–water partition coefficient (Wildman–Crippen LogP) is 10.1. The zero-order valence-corrected chi connectivity index (χ0v) is 19.6. The van der Waals surface area contributed by atoms with Gasteiger partial charge in [-0.3, -0.25) is 0 Å². The highest BCUT2D eigenvalue weighted by atomic mass is 14.1. The fourth-order valence-electron chi connectivity index (χ4n) is 4.50. The summed E-state index contributed by atoms with van der Waals surface area (Å²) in [5.41, 5.74) is 2.87. The quantitative estimate of drug-likeness (QED) is 0.248. The summed E-state index contributed by atoms with van der Waals surface area (Å²) in [5.74, 6) is 0.678. The monoisotopic (exact) mass is 394 g/mol. The number of aryl methyl sites for hydroxylation is 1. The lowest BCUT2D eigenvalue weighted by Gasteiger charge is -2.13. The van der Waals surface area contributed by atoms with Gasteiger partial charge in [-0.15, -0.1) is 0 Å². The molecule has 2 aromatic carbocycles. The van der Waals surface area contributed by atoms with Gasteiger partial charge in [-0.05, 0) is 35.6 Å². The molecule has 0 radical (unpaired) electrons. The Morgan fingerprint density at radius 3 is 1.69 bits per heavy atom. The van der Waals surface area contributed by atoms with E-state index in [-0.39, 0.29) is 0 Å². The summed E-state index contributed by atoms with van der Waals surface area (Å²) in [6.07, 6.45) is 21.5. The van der Waals surface area contributed by atoms with Gasteiger partial charge in [-0.2, -0.15) is 0 Å². The van der Waals surface area contributed by atoms with E-state index in [2.05, 4.69) is 57.2 Å². The molecule has 0 saturated heterocycles. The molecule has 162 valence electrons. The van der Waals surface area contributed by atoms with E-state index in [1.165, 1.54) is 118 Å². The van der Waals surface area contributed by atoms with E-state index in [9.17, 15) is 0 Å². The van der Waals surface area contributed by atoms with Crippen LogP contribution < -0.4 is 0 Å². The Bertz CT molecular complexity index is 669. The van der Waals surface area contributed by atoms with Crippen LogP contribution in [0, 0.1) is 6.92 Å². The molecule has 0 fully saturated rings. The Labute approximate surface area is 181 Å². The van der Waals surface area contributed by atoms with E-state index in [1.807, 2.05) is 0 Å². The summed E-state index contributed by atoms with van der Waals surface area (Å²) in [6.45, 7) is 6.88. The van der Waals surface area contributed by atoms with Gasteiger partial charge in [-0.25, -0.2) is 0 Å². The highest BCUT2D eigenvalue weighted by molar-refractivity contribution is 5.83. The number of unbranched alkanes of at least 4 members (excludes halogenated alkanes) is 13. The van der Waals surface area contributed by atoms with Crippen LogP contribution in [0.4, 0.5) is 0 Å². The second-order valence-electron chi connectivity index (χ2n) is 9.40. The summed E-state index contributed by atoms with van der Waals surface area (Å²) >= 11 is 0. The van der Waals surface area contributed by atoms with Gasteiger partial charge in [0.05, 0.1) is 0 Å². The van der Waals surface area contributed by atoms with Crippen molar-refractivity contribution in [2.75, 3.05) is 0 Å². The molecule has 2 aromatic rings. The van der Waals surface area contributed by atoms with Gasteiger partial charge in [0.2, 0.25) is 0 Å². The third-order valence-corrected chi connectivity index (χ3v) is 6.58. The average Bonchev–Trinajstić information content (AvgIpc) is 2.73. The van der Waals surface area contributed by atoms with Crippen molar-refractivity contribution in [2.24, 2.45) is 0 Å². The molecular weight excluding hydrogens is 348 g/mol. The van der Waals surface area contributed by atoms with Crippen molar-refractivity contribution in [3.8, 4) is 0 Å². The Kier molecular flexibility index (Phi) is 12.1. The maximum absolute atomic E-state index is 2.41. The highest BCUT2D eigenvalue weighted by Gasteiger charge is 2.06. The second-order valence-corrected chi connectivity index (χ2v) is 9.40. The first kappa shape index (κ1) is 24.0. The van der Waals surface area contributed by atoms with E-state index in [4.69, 9.17) is 0 Å². The fourth-order valence-corrected chi connectivity index (χ4v) is 4.50. The van der Waals surface area contributed by atoms with Crippen molar-refractivity contribution < 1.29 is 0 Å². The van der Waals surface area contributed by atoms with E-state index >= 15 is 0 Å². The average molecular weight is 395 g/mol. The zero-order chi connectivity index (χ0) is 20.7. The van der Waals surface area contributed by atoms with Crippen LogP contribution in [0.3, 0.4) is 0 Å². The standard InChI is InChI=1S/C29H46/c1-4-5-6-7-8-9-10-11-12-13-14-15-16-17-18-26(3)28-22-21-27-20-19-25(2)23-29(27)24-28/h19-24,26H,4-18H2,1-3H3. The smallest absolute Gasteiger partial charge is 0.0179 e. The van der Waals surface area contributed by atoms with Crippen LogP contribution >= 0.6 is 0 Å². The van der Waals surface area contributed by atoms with Crippen LogP contribution in [0.2, 0.25) is 0 Å². The topological polar surface area (TPSA) is 0 Å². The fraction of sp³-hybridized carbons (Fsp3) is 0.655. The summed E-state index contributed by atoms with van der Waals surface area (Å²) in [4.78, 5) is 0. The van der Waals surface area contributed by atoms with Crippen LogP contribution in [-0.2, 0) is 0 Å².